The standard InChI is InChI=1S/C17H24N4O2/c22-16(13-7-9-18-10-8-13)19-14-5-1-2-6-15(14)20-17(23)21-11-3-4-12-21/h1-2,5-6,13,18H,3-4,7-12H2,(H,19,22)(H,20,23). The molecule has 0 unspecified atom stereocenters. The van der Waals surface area contributed by atoms with Gasteiger partial charge >= 0.3 is 6.03 Å². The van der Waals surface area contributed by atoms with Crippen LogP contribution in [0.5, 0.6) is 0 Å². The third-order valence-corrected chi connectivity index (χ3v) is 4.53. The molecule has 23 heavy (non-hydrogen) atoms. The Kier molecular flexibility index (Phi) is 5.12. The molecule has 2 saturated heterocycles. The Morgan fingerprint density at radius 1 is 1.00 bits per heavy atom. The number of nitrogens with zero attached hydrogens (tertiary/aromatic N) is 1. The number of piperidine rings is 1. The van der Waals surface area contributed by atoms with Crippen molar-refractivity contribution in [3.63, 3.8) is 0 Å². The van der Waals surface area contributed by atoms with Crippen LogP contribution in [-0.2, 0) is 4.79 Å². The summed E-state index contributed by atoms with van der Waals surface area (Å²) in [5.41, 5.74) is 1.33. The minimum atomic E-state index is -0.0916. The van der Waals surface area contributed by atoms with Crippen LogP contribution in [0.1, 0.15) is 25.7 Å². The molecule has 1 aromatic carbocycles. The summed E-state index contributed by atoms with van der Waals surface area (Å²) in [6.45, 7) is 3.36. The first-order valence-corrected chi connectivity index (χ1v) is 8.40. The lowest BCUT2D eigenvalue weighted by Gasteiger charge is -2.23. The SMILES string of the molecule is O=C(Nc1ccccc1NC(=O)N1CCCC1)C1CCNCC1. The molecule has 0 radical (unpaired) electrons. The van der Waals surface area contributed by atoms with Gasteiger partial charge in [-0.25, -0.2) is 4.79 Å². The summed E-state index contributed by atoms with van der Waals surface area (Å²) < 4.78 is 0. The average molecular weight is 316 g/mol. The molecule has 0 spiro atoms. The van der Waals surface area contributed by atoms with E-state index in [0.717, 1.165) is 51.9 Å². The van der Waals surface area contributed by atoms with E-state index in [2.05, 4.69) is 16.0 Å². The van der Waals surface area contributed by atoms with Crippen molar-refractivity contribution in [2.45, 2.75) is 25.7 Å². The predicted octanol–water partition coefficient (Wildman–Crippen LogP) is 2.25. The van der Waals surface area contributed by atoms with Crippen molar-refractivity contribution >= 4 is 23.3 Å². The van der Waals surface area contributed by atoms with Crippen LogP contribution in [0.15, 0.2) is 24.3 Å². The van der Waals surface area contributed by atoms with Crippen molar-refractivity contribution < 1.29 is 9.59 Å². The van der Waals surface area contributed by atoms with Crippen molar-refractivity contribution in [1.82, 2.24) is 10.2 Å². The van der Waals surface area contributed by atoms with Crippen LogP contribution in [-0.4, -0.2) is 43.0 Å². The first-order chi connectivity index (χ1) is 11.2. The van der Waals surface area contributed by atoms with Crippen LogP contribution < -0.4 is 16.0 Å². The van der Waals surface area contributed by atoms with Crippen molar-refractivity contribution in [2.24, 2.45) is 5.92 Å². The van der Waals surface area contributed by atoms with Gasteiger partial charge in [0.15, 0.2) is 0 Å². The number of benzene rings is 1. The second-order valence-electron chi connectivity index (χ2n) is 6.18. The summed E-state index contributed by atoms with van der Waals surface area (Å²) in [6.07, 6.45) is 3.82. The number of carbonyl (C=O) groups excluding carboxylic acids is 2. The molecule has 0 aromatic heterocycles. The van der Waals surface area contributed by atoms with Crippen molar-refractivity contribution in [1.29, 1.82) is 0 Å². The molecule has 3 N–H and O–H groups in total. The van der Waals surface area contributed by atoms with E-state index in [1.807, 2.05) is 29.2 Å². The zero-order valence-corrected chi connectivity index (χ0v) is 13.3. The van der Waals surface area contributed by atoms with E-state index in [9.17, 15) is 9.59 Å². The highest BCUT2D eigenvalue weighted by Gasteiger charge is 2.22. The van der Waals surface area contributed by atoms with Gasteiger partial charge in [0.1, 0.15) is 0 Å². The zero-order valence-electron chi connectivity index (χ0n) is 13.3. The van der Waals surface area contributed by atoms with E-state index in [4.69, 9.17) is 0 Å². The smallest absolute Gasteiger partial charge is 0.321 e. The van der Waals surface area contributed by atoms with E-state index < -0.39 is 0 Å². The summed E-state index contributed by atoms with van der Waals surface area (Å²) in [4.78, 5) is 26.5. The number of nitrogens with one attached hydrogen (secondary N) is 3. The van der Waals surface area contributed by atoms with E-state index in [1.165, 1.54) is 0 Å². The van der Waals surface area contributed by atoms with Crippen LogP contribution in [0.3, 0.4) is 0 Å². The number of hydrogen-bond donors (Lipinski definition) is 3. The molecule has 3 rings (SSSR count). The molecule has 0 saturated carbocycles. The molecule has 0 atom stereocenters. The summed E-state index contributed by atoms with van der Waals surface area (Å²) in [5.74, 6) is 0.0768. The molecule has 1 aromatic rings. The van der Waals surface area contributed by atoms with Gasteiger partial charge in [0.05, 0.1) is 11.4 Å². The minimum absolute atomic E-state index is 0.0365. The zero-order chi connectivity index (χ0) is 16.1. The summed E-state index contributed by atoms with van der Waals surface area (Å²) in [6, 6.07) is 7.29. The number of para-hydroxylation sites is 2. The number of likely N-dealkylation sites (tertiary alicyclic amines) is 1. The second kappa shape index (κ2) is 7.46. The number of hydrogen-bond acceptors (Lipinski definition) is 3. The van der Waals surface area contributed by atoms with E-state index in [1.54, 1.807) is 0 Å². The van der Waals surface area contributed by atoms with Crippen LogP contribution in [0, 0.1) is 5.92 Å². The molecule has 6 nitrogen and oxygen atoms in total. The van der Waals surface area contributed by atoms with E-state index in [0.29, 0.717) is 11.4 Å². The minimum Gasteiger partial charge on any atom is -0.325 e. The molecule has 124 valence electrons. The average Bonchev–Trinajstić information content (AvgIpc) is 3.12. The maximum absolute atomic E-state index is 12.4. The lowest BCUT2D eigenvalue weighted by Crippen LogP contribution is -2.35. The number of urea groups is 1. The number of carbonyl (C=O) groups is 2. The quantitative estimate of drug-likeness (QED) is 0.801. The Bertz CT molecular complexity index is 563. The van der Waals surface area contributed by atoms with E-state index >= 15 is 0 Å². The number of rotatable bonds is 3. The highest BCUT2D eigenvalue weighted by Crippen LogP contribution is 2.24. The second-order valence-corrected chi connectivity index (χ2v) is 6.18. The summed E-state index contributed by atoms with van der Waals surface area (Å²) >= 11 is 0. The maximum atomic E-state index is 12.4. The molecular weight excluding hydrogens is 292 g/mol. The normalized spacial score (nSPS) is 18.7. The van der Waals surface area contributed by atoms with Crippen LogP contribution in [0.2, 0.25) is 0 Å². The van der Waals surface area contributed by atoms with Crippen molar-refractivity contribution in [3.05, 3.63) is 24.3 Å². The Morgan fingerprint density at radius 3 is 2.26 bits per heavy atom. The first-order valence-electron chi connectivity index (χ1n) is 8.40. The van der Waals surface area contributed by atoms with Crippen LogP contribution in [0.4, 0.5) is 16.2 Å². The maximum Gasteiger partial charge on any atom is 0.321 e. The fourth-order valence-electron chi connectivity index (χ4n) is 3.13. The highest BCUT2D eigenvalue weighted by molar-refractivity contribution is 5.99. The third kappa shape index (κ3) is 4.01. The largest absolute Gasteiger partial charge is 0.325 e. The Hall–Kier alpha value is -2.08. The van der Waals surface area contributed by atoms with Gasteiger partial charge in [-0.3, -0.25) is 4.79 Å². The van der Waals surface area contributed by atoms with Gasteiger partial charge in [0.25, 0.3) is 0 Å². The third-order valence-electron chi connectivity index (χ3n) is 4.53. The van der Waals surface area contributed by atoms with Crippen LogP contribution in [0.25, 0.3) is 0 Å². The van der Waals surface area contributed by atoms with Crippen molar-refractivity contribution in [3.8, 4) is 0 Å². The fourth-order valence-corrected chi connectivity index (χ4v) is 3.13. The Balaban J connectivity index is 1.65. The molecule has 0 bridgehead atoms. The van der Waals surface area contributed by atoms with Gasteiger partial charge in [-0.05, 0) is 50.9 Å². The molecular formula is C17H24N4O2. The highest BCUT2D eigenvalue weighted by atomic mass is 16.2. The molecule has 3 amide bonds. The van der Waals surface area contributed by atoms with Gasteiger partial charge in [0.2, 0.25) is 5.91 Å². The lowest BCUT2D eigenvalue weighted by atomic mass is 9.97. The topological polar surface area (TPSA) is 73.5 Å². The summed E-state index contributed by atoms with van der Waals surface area (Å²) in [7, 11) is 0. The van der Waals surface area contributed by atoms with Gasteiger partial charge < -0.3 is 20.9 Å². The number of amides is 3. The summed E-state index contributed by atoms with van der Waals surface area (Å²) in [5, 5.41) is 9.16. The van der Waals surface area contributed by atoms with Gasteiger partial charge in [0, 0.05) is 19.0 Å². The van der Waals surface area contributed by atoms with E-state index in [-0.39, 0.29) is 17.9 Å². The molecule has 6 heteroatoms. The van der Waals surface area contributed by atoms with Gasteiger partial charge in [-0.2, -0.15) is 0 Å². The number of anilines is 2. The lowest BCUT2D eigenvalue weighted by molar-refractivity contribution is -0.120. The fraction of sp³-hybridized carbons (Fsp3) is 0.529. The molecule has 2 aliphatic rings. The Morgan fingerprint density at radius 2 is 1.61 bits per heavy atom. The predicted molar refractivity (Wildman–Crippen MR) is 90.5 cm³/mol. The van der Waals surface area contributed by atoms with Crippen LogP contribution >= 0.6 is 0 Å². The molecule has 2 fully saturated rings. The Labute approximate surface area is 136 Å². The molecule has 0 aliphatic carbocycles. The monoisotopic (exact) mass is 316 g/mol. The first kappa shape index (κ1) is 15.8. The van der Waals surface area contributed by atoms with Gasteiger partial charge in [-0.15, -0.1) is 0 Å². The van der Waals surface area contributed by atoms with Crippen molar-refractivity contribution in [2.75, 3.05) is 36.8 Å². The van der Waals surface area contributed by atoms with Gasteiger partial charge in [-0.1, -0.05) is 12.1 Å². The molecule has 2 aliphatic heterocycles. The molecule has 2 heterocycles.